The number of anilines is 1. The number of ether oxygens (including phenoxy) is 1. The van der Waals surface area contributed by atoms with Crippen molar-refractivity contribution in [2.24, 2.45) is 10.2 Å². The maximum atomic E-state index is 12.5. The number of rotatable bonds is 9. The summed E-state index contributed by atoms with van der Waals surface area (Å²) in [5, 5.41) is 15.5. The Morgan fingerprint density at radius 1 is 1.24 bits per heavy atom. The van der Waals surface area contributed by atoms with Crippen LogP contribution in [0.2, 0.25) is 0 Å². The van der Waals surface area contributed by atoms with Crippen molar-refractivity contribution in [3.05, 3.63) is 36.4 Å². The minimum absolute atomic E-state index is 0.221. The van der Waals surface area contributed by atoms with Crippen LogP contribution < -0.4 is 15.4 Å². The van der Waals surface area contributed by atoms with Gasteiger partial charge in [-0.25, -0.2) is 0 Å². The predicted molar refractivity (Wildman–Crippen MR) is 112 cm³/mol. The number of fused-ring (bicyclic) bond motifs is 1. The zero-order chi connectivity index (χ0) is 20.9. The Bertz CT molecular complexity index is 987. The van der Waals surface area contributed by atoms with E-state index < -0.39 is 11.7 Å². The summed E-state index contributed by atoms with van der Waals surface area (Å²) in [6.45, 7) is 1.64. The molecule has 150 valence electrons. The van der Waals surface area contributed by atoms with E-state index in [2.05, 4.69) is 26.8 Å². The highest BCUT2D eigenvalue weighted by atomic mass is 16.5. The van der Waals surface area contributed by atoms with Gasteiger partial charge in [0.25, 0.3) is 0 Å². The Morgan fingerprint density at radius 2 is 2.00 bits per heavy atom. The number of methoxy groups -OCH3 is 1. The van der Waals surface area contributed by atoms with E-state index in [9.17, 15) is 9.59 Å². The summed E-state index contributed by atoms with van der Waals surface area (Å²) in [5.74, 6) is 2.70. The van der Waals surface area contributed by atoms with E-state index in [1.54, 1.807) is 20.1 Å². The molecule has 2 aromatic rings. The smallest absolute Gasteiger partial charge is 0.246 e. The van der Waals surface area contributed by atoms with Crippen molar-refractivity contribution in [1.82, 2.24) is 5.32 Å². The summed E-state index contributed by atoms with van der Waals surface area (Å²) in [4.78, 5) is 24.7. The molecule has 3 rings (SSSR count). The summed E-state index contributed by atoms with van der Waals surface area (Å²) >= 11 is 0. The van der Waals surface area contributed by atoms with E-state index in [1.165, 1.54) is 0 Å². The summed E-state index contributed by atoms with van der Waals surface area (Å²) in [5.41, 5.74) is 0.104. The van der Waals surface area contributed by atoms with Crippen LogP contribution >= 0.6 is 0 Å². The Balaban J connectivity index is 1.55. The lowest BCUT2D eigenvalue weighted by atomic mass is 10.0. The molecule has 7 nitrogen and oxygen atoms in total. The van der Waals surface area contributed by atoms with E-state index >= 15 is 0 Å². The van der Waals surface area contributed by atoms with Gasteiger partial charge in [-0.15, -0.1) is 12.3 Å². The Kier molecular flexibility index (Phi) is 6.13. The van der Waals surface area contributed by atoms with Crippen LogP contribution in [0.5, 0.6) is 5.75 Å². The minimum Gasteiger partial charge on any atom is -0.496 e. The fourth-order valence-corrected chi connectivity index (χ4v) is 3.13. The van der Waals surface area contributed by atoms with Crippen LogP contribution in [-0.4, -0.2) is 30.6 Å². The lowest BCUT2D eigenvalue weighted by Crippen LogP contribution is -2.41. The molecule has 0 fully saturated rings. The molecule has 1 heterocycles. The van der Waals surface area contributed by atoms with E-state index in [0.29, 0.717) is 30.7 Å². The first-order valence-electron chi connectivity index (χ1n) is 9.51. The van der Waals surface area contributed by atoms with E-state index in [1.807, 2.05) is 30.3 Å². The van der Waals surface area contributed by atoms with Crippen molar-refractivity contribution in [2.45, 2.75) is 44.3 Å². The van der Waals surface area contributed by atoms with Crippen molar-refractivity contribution < 1.29 is 14.3 Å². The van der Waals surface area contributed by atoms with Crippen molar-refractivity contribution in [3.63, 3.8) is 0 Å². The average molecular weight is 392 g/mol. The van der Waals surface area contributed by atoms with Crippen molar-refractivity contribution in [1.29, 1.82) is 0 Å². The first kappa shape index (κ1) is 20.3. The molecule has 0 saturated carbocycles. The molecule has 0 aromatic heterocycles. The first-order valence-corrected chi connectivity index (χ1v) is 9.51. The summed E-state index contributed by atoms with van der Waals surface area (Å²) in [6.07, 6.45) is 7.22. The Hall–Kier alpha value is -3.40. The molecule has 1 atom stereocenters. The predicted octanol–water partition coefficient (Wildman–Crippen LogP) is 3.65. The molecule has 1 aliphatic rings. The van der Waals surface area contributed by atoms with Crippen LogP contribution in [0.3, 0.4) is 0 Å². The third-order valence-corrected chi connectivity index (χ3v) is 4.89. The molecule has 1 aliphatic heterocycles. The molecule has 0 radical (unpaired) electrons. The molecular formula is C22H24N4O3. The minimum atomic E-state index is -0.685. The fraction of sp³-hybridized carbons (Fsp3) is 0.364. The van der Waals surface area contributed by atoms with Gasteiger partial charge in [-0.1, -0.05) is 24.3 Å². The van der Waals surface area contributed by atoms with Crippen LogP contribution in [0.1, 0.15) is 32.6 Å². The highest BCUT2D eigenvalue weighted by Gasteiger charge is 2.39. The van der Waals surface area contributed by atoms with Crippen molar-refractivity contribution >= 4 is 28.3 Å². The lowest BCUT2D eigenvalue weighted by molar-refractivity contribution is -0.126. The maximum Gasteiger partial charge on any atom is 0.246 e. The van der Waals surface area contributed by atoms with Gasteiger partial charge in [0, 0.05) is 42.8 Å². The molecule has 29 heavy (non-hydrogen) atoms. The quantitative estimate of drug-likeness (QED) is 0.638. The number of nitrogens with one attached hydrogen (secondary N) is 2. The third kappa shape index (κ3) is 5.11. The van der Waals surface area contributed by atoms with Gasteiger partial charge in [0.05, 0.1) is 7.11 Å². The van der Waals surface area contributed by atoms with Gasteiger partial charge in [0.1, 0.15) is 11.8 Å². The number of hydrogen-bond acceptors (Lipinski definition) is 5. The van der Waals surface area contributed by atoms with Gasteiger partial charge in [0.2, 0.25) is 11.8 Å². The van der Waals surface area contributed by atoms with Gasteiger partial charge in [-0.05, 0) is 18.4 Å². The fourth-order valence-electron chi connectivity index (χ4n) is 3.13. The molecule has 0 bridgehead atoms. The zero-order valence-corrected chi connectivity index (χ0v) is 16.6. The van der Waals surface area contributed by atoms with Gasteiger partial charge >= 0.3 is 0 Å². The number of terminal acetylenes is 1. The SMILES string of the molecule is C#CCCC1(CCC(=O)N[C@@H](C)C(=O)Nc2cc(OC)c3ccccc3c2)N=N1. The molecule has 0 aliphatic carbocycles. The van der Waals surface area contributed by atoms with Crippen molar-refractivity contribution in [3.8, 4) is 18.1 Å². The number of benzene rings is 2. The topological polar surface area (TPSA) is 92.2 Å². The highest BCUT2D eigenvalue weighted by Crippen LogP contribution is 2.37. The number of amides is 2. The van der Waals surface area contributed by atoms with E-state index in [4.69, 9.17) is 11.2 Å². The van der Waals surface area contributed by atoms with Gasteiger partial charge in [-0.3, -0.25) is 9.59 Å². The van der Waals surface area contributed by atoms with E-state index in [-0.39, 0.29) is 18.2 Å². The maximum absolute atomic E-state index is 12.5. The second-order valence-electron chi connectivity index (χ2n) is 7.06. The summed E-state index contributed by atoms with van der Waals surface area (Å²) in [6, 6.07) is 10.7. The standard InChI is InChI=1S/C22H24N4O3/c1-4-5-11-22(25-26-22)12-10-20(27)23-15(2)21(28)24-17-13-16-8-6-7-9-18(16)19(14-17)29-3/h1,6-9,13-15H,5,10-12H2,2-3H3,(H,23,27)(H,24,28)/t15-/m0/s1. The number of carbonyl (C=O) groups is 2. The number of hydrogen-bond donors (Lipinski definition) is 2. The molecule has 2 aromatic carbocycles. The number of nitrogens with zero attached hydrogens (tertiary/aromatic N) is 2. The zero-order valence-electron chi connectivity index (χ0n) is 16.6. The van der Waals surface area contributed by atoms with Crippen LogP contribution in [0, 0.1) is 12.3 Å². The molecule has 0 spiro atoms. The monoisotopic (exact) mass is 392 g/mol. The second kappa shape index (κ2) is 8.74. The highest BCUT2D eigenvalue weighted by molar-refractivity contribution is 6.00. The van der Waals surface area contributed by atoms with Crippen LogP contribution in [0.15, 0.2) is 46.6 Å². The summed E-state index contributed by atoms with van der Waals surface area (Å²) < 4.78 is 5.42. The molecule has 2 amide bonds. The van der Waals surface area contributed by atoms with Crippen molar-refractivity contribution in [2.75, 3.05) is 12.4 Å². The lowest BCUT2D eigenvalue weighted by Gasteiger charge is -2.16. The largest absolute Gasteiger partial charge is 0.496 e. The first-order chi connectivity index (χ1) is 14.0. The van der Waals surface area contributed by atoms with Crippen LogP contribution in [0.4, 0.5) is 5.69 Å². The van der Waals surface area contributed by atoms with Gasteiger partial charge in [-0.2, -0.15) is 10.2 Å². The second-order valence-corrected chi connectivity index (χ2v) is 7.06. The molecule has 0 saturated heterocycles. The number of carbonyl (C=O) groups excluding carboxylic acids is 2. The summed E-state index contributed by atoms with van der Waals surface area (Å²) in [7, 11) is 1.59. The molecule has 2 N–H and O–H groups in total. The normalized spacial score (nSPS) is 14.7. The molecule has 7 heteroatoms. The molecular weight excluding hydrogens is 368 g/mol. The van der Waals surface area contributed by atoms with Gasteiger partial charge in [0.15, 0.2) is 5.66 Å². The molecule has 0 unspecified atom stereocenters. The van der Waals surface area contributed by atoms with Crippen LogP contribution in [0.25, 0.3) is 10.8 Å². The van der Waals surface area contributed by atoms with E-state index in [0.717, 1.165) is 10.8 Å². The average Bonchev–Trinajstić information content (AvgIpc) is 3.50. The van der Waals surface area contributed by atoms with Crippen LogP contribution in [-0.2, 0) is 9.59 Å². The Labute approximate surface area is 169 Å². The third-order valence-electron chi connectivity index (χ3n) is 4.89. The van der Waals surface area contributed by atoms with Gasteiger partial charge < -0.3 is 15.4 Å². The Morgan fingerprint density at radius 3 is 2.69 bits per heavy atom.